The third kappa shape index (κ3) is 6.66. The normalized spacial score (nSPS) is 17.3. The molecule has 0 aliphatic heterocycles. The van der Waals surface area contributed by atoms with Crippen molar-refractivity contribution in [2.75, 3.05) is 9.80 Å². The molecule has 0 radical (unpaired) electrons. The molecule has 3 heteroatoms. The summed E-state index contributed by atoms with van der Waals surface area (Å²) in [6, 6.07) is 94.2. The van der Waals surface area contributed by atoms with E-state index in [2.05, 4.69) is 265 Å². The SMILES string of the molecule is c1ccc(-c2ccc(-c3cc4ccccc4cc3-c3ccc(N(c4ccccc4)c4cccc5c4C46c7c(cccc7N(c7ccccc7)c7ccc8c(c7)oc7ccccc78)CC4CCC6C5)cc3)cc2)cc1. The summed E-state index contributed by atoms with van der Waals surface area (Å²) in [4.78, 5) is 5.08. The van der Waals surface area contributed by atoms with E-state index in [4.69, 9.17) is 4.42 Å². The van der Waals surface area contributed by atoms with Crippen LogP contribution < -0.4 is 9.80 Å². The molecule has 352 valence electrons. The molecule has 11 aromatic carbocycles. The maximum atomic E-state index is 6.58. The third-order valence-corrected chi connectivity index (χ3v) is 16.9. The van der Waals surface area contributed by atoms with Crippen molar-refractivity contribution in [1.82, 2.24) is 0 Å². The Hall–Kier alpha value is -8.92. The van der Waals surface area contributed by atoms with Crippen molar-refractivity contribution in [3.8, 4) is 33.4 Å². The predicted octanol–water partition coefficient (Wildman–Crippen LogP) is 19.1. The number of hydrogen-bond donors (Lipinski definition) is 0. The van der Waals surface area contributed by atoms with Crippen LogP contribution in [-0.2, 0) is 18.3 Å². The largest absolute Gasteiger partial charge is 0.456 e. The maximum absolute atomic E-state index is 6.58. The molecule has 1 heterocycles. The lowest BCUT2D eigenvalue weighted by Gasteiger charge is -2.40. The van der Waals surface area contributed by atoms with Crippen molar-refractivity contribution in [3.63, 3.8) is 0 Å². The van der Waals surface area contributed by atoms with E-state index < -0.39 is 0 Å². The Labute approximate surface area is 432 Å². The number of benzene rings is 11. The Kier molecular flexibility index (Phi) is 9.88. The first-order chi connectivity index (χ1) is 36.7. The molecule has 3 aliphatic rings. The molecule has 0 saturated heterocycles. The highest BCUT2D eigenvalue weighted by atomic mass is 16.3. The van der Waals surface area contributed by atoms with Crippen LogP contribution in [0.1, 0.15) is 35.1 Å². The van der Waals surface area contributed by atoms with Gasteiger partial charge in [0.2, 0.25) is 0 Å². The molecular formula is C71H52N2O. The van der Waals surface area contributed by atoms with Crippen LogP contribution in [-0.4, -0.2) is 0 Å². The Morgan fingerprint density at radius 2 is 0.784 bits per heavy atom. The van der Waals surface area contributed by atoms with Gasteiger partial charge < -0.3 is 14.2 Å². The third-order valence-electron chi connectivity index (χ3n) is 16.9. The summed E-state index contributed by atoms with van der Waals surface area (Å²) in [5.74, 6) is 0.962. The Balaban J connectivity index is 0.883. The molecule has 3 unspecified atom stereocenters. The number of rotatable bonds is 9. The zero-order valence-corrected chi connectivity index (χ0v) is 41.0. The van der Waals surface area contributed by atoms with E-state index in [0.29, 0.717) is 11.8 Å². The van der Waals surface area contributed by atoms with Crippen molar-refractivity contribution in [2.24, 2.45) is 11.8 Å². The van der Waals surface area contributed by atoms with Crippen LogP contribution in [0.25, 0.3) is 66.1 Å². The first-order valence-electron chi connectivity index (χ1n) is 26.3. The van der Waals surface area contributed by atoms with Crippen LogP contribution in [0, 0.1) is 11.8 Å². The monoisotopic (exact) mass is 948 g/mol. The summed E-state index contributed by atoms with van der Waals surface area (Å²) in [6.07, 6.45) is 4.57. The van der Waals surface area contributed by atoms with Crippen LogP contribution in [0.4, 0.5) is 34.1 Å². The minimum absolute atomic E-state index is 0.183. The molecular weight excluding hydrogens is 897 g/mol. The molecule has 15 rings (SSSR count). The van der Waals surface area contributed by atoms with Gasteiger partial charge in [-0.25, -0.2) is 0 Å². The van der Waals surface area contributed by atoms with Crippen molar-refractivity contribution in [1.29, 1.82) is 0 Å². The minimum atomic E-state index is -0.183. The van der Waals surface area contributed by atoms with Gasteiger partial charge in [0, 0.05) is 45.0 Å². The topological polar surface area (TPSA) is 19.6 Å². The molecule has 12 aromatic rings. The number of nitrogens with zero attached hydrogens (tertiary/aromatic N) is 2. The van der Waals surface area contributed by atoms with Gasteiger partial charge in [-0.05, 0) is 183 Å². The molecule has 1 spiro atoms. The van der Waals surface area contributed by atoms with E-state index in [1.54, 1.807) is 0 Å². The van der Waals surface area contributed by atoms with Gasteiger partial charge >= 0.3 is 0 Å². The molecule has 0 amide bonds. The maximum Gasteiger partial charge on any atom is 0.137 e. The number of furan rings is 1. The van der Waals surface area contributed by atoms with Crippen molar-refractivity contribution < 1.29 is 4.42 Å². The number of hydrogen-bond acceptors (Lipinski definition) is 3. The zero-order valence-electron chi connectivity index (χ0n) is 41.0. The molecule has 3 atom stereocenters. The smallest absolute Gasteiger partial charge is 0.137 e. The Morgan fingerprint density at radius 1 is 0.338 bits per heavy atom. The van der Waals surface area contributed by atoms with Gasteiger partial charge in [-0.15, -0.1) is 0 Å². The highest BCUT2D eigenvalue weighted by Crippen LogP contribution is 2.69. The molecule has 3 nitrogen and oxygen atoms in total. The van der Waals surface area contributed by atoms with Gasteiger partial charge in [-0.3, -0.25) is 0 Å². The van der Waals surface area contributed by atoms with Gasteiger partial charge in [0.1, 0.15) is 11.2 Å². The fourth-order valence-corrected chi connectivity index (χ4v) is 13.9. The second-order valence-corrected chi connectivity index (χ2v) is 20.7. The Bertz CT molecular complexity index is 4080. The van der Waals surface area contributed by atoms with Crippen molar-refractivity contribution >= 4 is 66.8 Å². The average Bonchev–Trinajstić information content (AvgIpc) is 4.22. The summed E-state index contributed by atoms with van der Waals surface area (Å²) < 4.78 is 6.58. The molecule has 3 aliphatic carbocycles. The highest BCUT2D eigenvalue weighted by Gasteiger charge is 2.62. The second kappa shape index (κ2) is 17.1. The van der Waals surface area contributed by atoms with E-state index in [-0.39, 0.29) is 5.41 Å². The average molecular weight is 949 g/mol. The number of para-hydroxylation sites is 3. The summed E-state index contributed by atoms with van der Waals surface area (Å²) >= 11 is 0. The first-order valence-corrected chi connectivity index (χ1v) is 26.3. The number of anilines is 6. The molecule has 1 fully saturated rings. The second-order valence-electron chi connectivity index (χ2n) is 20.7. The van der Waals surface area contributed by atoms with Gasteiger partial charge in [0.05, 0.1) is 11.4 Å². The Morgan fingerprint density at radius 3 is 1.38 bits per heavy atom. The molecule has 0 N–H and O–H groups in total. The number of fused-ring (bicyclic) bond motifs is 6. The van der Waals surface area contributed by atoms with Crippen molar-refractivity contribution in [3.05, 3.63) is 277 Å². The standard InChI is InChI=1S/C71H52N2O/c1-4-16-47(17-5-1)48-30-32-49(33-31-48)63-44-51-18-10-11-19-52(51)45-64(63)50-34-38-59(39-35-50)72(57-22-6-2-7-23-57)65-27-14-20-53-42-55-36-37-56-43-54-21-15-28-66(70(54)71(55,56)69(53)65)73(58-24-8-3-9-25-58)60-40-41-62-61-26-12-13-29-67(61)74-68(62)46-60/h1-35,38-41,44-46,55-56H,36-37,42-43H2. The fraction of sp³-hybridized carbons (Fsp3) is 0.0986. The molecule has 1 saturated carbocycles. The lowest BCUT2D eigenvalue weighted by atomic mass is 9.68. The molecule has 1 aromatic heterocycles. The van der Waals surface area contributed by atoms with Gasteiger partial charge in [-0.2, -0.15) is 0 Å². The minimum Gasteiger partial charge on any atom is -0.456 e. The van der Waals surface area contributed by atoms with Crippen LogP contribution in [0.2, 0.25) is 0 Å². The lowest BCUT2D eigenvalue weighted by molar-refractivity contribution is 0.350. The van der Waals surface area contributed by atoms with Crippen LogP contribution in [0.5, 0.6) is 0 Å². The molecule has 0 bridgehead atoms. The van der Waals surface area contributed by atoms with Gasteiger partial charge in [0.15, 0.2) is 0 Å². The van der Waals surface area contributed by atoms with Crippen LogP contribution in [0.3, 0.4) is 0 Å². The zero-order chi connectivity index (χ0) is 48.7. The first kappa shape index (κ1) is 42.7. The van der Waals surface area contributed by atoms with Gasteiger partial charge in [0.25, 0.3) is 0 Å². The van der Waals surface area contributed by atoms with E-state index in [0.717, 1.165) is 57.5 Å². The van der Waals surface area contributed by atoms with E-state index in [1.165, 1.54) is 90.6 Å². The predicted molar refractivity (Wildman–Crippen MR) is 308 cm³/mol. The van der Waals surface area contributed by atoms with E-state index >= 15 is 0 Å². The van der Waals surface area contributed by atoms with Gasteiger partial charge in [-0.1, -0.05) is 170 Å². The van der Waals surface area contributed by atoms with E-state index in [9.17, 15) is 0 Å². The van der Waals surface area contributed by atoms with Crippen molar-refractivity contribution in [2.45, 2.75) is 31.1 Å². The summed E-state index contributed by atoms with van der Waals surface area (Å²) in [5.41, 5.74) is 22.0. The fourth-order valence-electron chi connectivity index (χ4n) is 13.9. The quantitative estimate of drug-likeness (QED) is 0.144. The highest BCUT2D eigenvalue weighted by molar-refractivity contribution is 6.06. The van der Waals surface area contributed by atoms with E-state index in [1.807, 2.05) is 0 Å². The van der Waals surface area contributed by atoms with Crippen LogP contribution >= 0.6 is 0 Å². The lowest BCUT2D eigenvalue weighted by Crippen LogP contribution is -2.34. The summed E-state index contributed by atoms with van der Waals surface area (Å²) in [6.45, 7) is 0. The summed E-state index contributed by atoms with van der Waals surface area (Å²) in [5, 5.41) is 4.76. The summed E-state index contributed by atoms with van der Waals surface area (Å²) in [7, 11) is 0. The molecule has 74 heavy (non-hydrogen) atoms. The van der Waals surface area contributed by atoms with Crippen LogP contribution in [0.15, 0.2) is 259 Å².